The first-order valence-electron chi connectivity index (χ1n) is 9.87. The monoisotopic (exact) mass is 470 g/mol. The van der Waals surface area contributed by atoms with Crippen LogP contribution < -0.4 is 16.0 Å². The molecule has 1 atom stereocenters. The summed E-state index contributed by atoms with van der Waals surface area (Å²) in [5.41, 5.74) is 8.24. The van der Waals surface area contributed by atoms with Crippen molar-refractivity contribution in [1.29, 1.82) is 5.26 Å². The van der Waals surface area contributed by atoms with Crippen molar-refractivity contribution in [3.63, 3.8) is 0 Å². The van der Waals surface area contributed by atoms with Crippen LogP contribution in [-0.2, 0) is 11.3 Å². The minimum Gasteiger partial charge on any atom is -0.440 e. The zero-order chi connectivity index (χ0) is 21.3. The van der Waals surface area contributed by atoms with Crippen LogP contribution in [0.25, 0.3) is 0 Å². The predicted molar refractivity (Wildman–Crippen MR) is 116 cm³/mol. The van der Waals surface area contributed by atoms with Crippen LogP contribution in [0.2, 0.25) is 0 Å². The number of hydrogen-bond acceptors (Lipinski definition) is 6. The lowest BCUT2D eigenvalue weighted by molar-refractivity contribution is 0.0362. The predicted octanol–water partition coefficient (Wildman–Crippen LogP) is 2.47. The van der Waals surface area contributed by atoms with Crippen molar-refractivity contribution in [3.05, 3.63) is 73.4 Å². The van der Waals surface area contributed by atoms with E-state index in [1.54, 1.807) is 4.57 Å². The summed E-state index contributed by atoms with van der Waals surface area (Å²) in [5, 5.41) is 9.76. The Morgan fingerprint density at radius 2 is 1.93 bits per heavy atom. The van der Waals surface area contributed by atoms with Crippen LogP contribution in [-0.4, -0.2) is 42.3 Å². The van der Waals surface area contributed by atoms with E-state index >= 15 is 0 Å². The maximum absolute atomic E-state index is 13.6. The second-order valence-electron chi connectivity index (χ2n) is 7.45. The summed E-state index contributed by atoms with van der Waals surface area (Å²) in [6, 6.07) is 11.6. The number of pyridine rings is 1. The molecule has 0 unspecified atom stereocenters. The molecule has 4 rings (SSSR count). The Labute approximate surface area is 183 Å². The highest BCUT2D eigenvalue weighted by molar-refractivity contribution is 9.10. The molecule has 2 aliphatic heterocycles. The van der Waals surface area contributed by atoms with Gasteiger partial charge in [0.1, 0.15) is 17.4 Å². The molecule has 3 heterocycles. The molecule has 2 N–H and O–H groups in total. The van der Waals surface area contributed by atoms with Gasteiger partial charge < -0.3 is 19.8 Å². The molecule has 0 spiro atoms. The quantitative estimate of drug-likeness (QED) is 0.737. The molecule has 1 aromatic carbocycles. The van der Waals surface area contributed by atoms with Gasteiger partial charge >= 0.3 is 0 Å². The van der Waals surface area contributed by atoms with Gasteiger partial charge in [0.25, 0.3) is 5.56 Å². The summed E-state index contributed by atoms with van der Waals surface area (Å²) >= 11 is 3.43. The third-order valence-electron chi connectivity index (χ3n) is 5.64. The molecule has 30 heavy (non-hydrogen) atoms. The Kier molecular flexibility index (Phi) is 5.95. The average molecular weight is 471 g/mol. The number of benzene rings is 1. The van der Waals surface area contributed by atoms with E-state index in [1.807, 2.05) is 37.3 Å². The minimum atomic E-state index is -0.561. The summed E-state index contributed by atoms with van der Waals surface area (Å²) in [6.07, 6.45) is 0. The Balaban J connectivity index is 1.77. The summed E-state index contributed by atoms with van der Waals surface area (Å²) in [4.78, 5) is 15.9. The van der Waals surface area contributed by atoms with Gasteiger partial charge in [0.15, 0.2) is 0 Å². The highest BCUT2D eigenvalue weighted by Gasteiger charge is 2.34. The van der Waals surface area contributed by atoms with Crippen LogP contribution in [0.15, 0.2) is 51.1 Å². The van der Waals surface area contributed by atoms with Crippen LogP contribution in [0.1, 0.15) is 22.7 Å². The molecule has 1 fully saturated rings. The Hall–Kier alpha value is -2.60. The molecule has 156 valence electrons. The lowest BCUT2D eigenvalue weighted by Gasteiger charge is -2.29. The zero-order valence-corrected chi connectivity index (χ0v) is 18.3. The molecular formula is C22H23BrN4O3. The number of hydrogen-bond donors (Lipinski definition) is 1. The van der Waals surface area contributed by atoms with Crippen LogP contribution in [0.3, 0.4) is 0 Å². The standard InChI is InChI=1S/C22H23BrN4O3/c1-14-12-18-20(22(28)27(14)7-6-26-8-10-29-11-9-26)19(17(13-24)21(25)30-18)15-2-4-16(23)5-3-15/h2-5,12,19H,6-11,25H2,1H3/t19-/m0/s1. The van der Waals surface area contributed by atoms with Crippen LogP contribution in [0.5, 0.6) is 5.75 Å². The fraction of sp³-hybridized carbons (Fsp3) is 0.364. The molecule has 0 bridgehead atoms. The number of aromatic nitrogens is 1. The van der Waals surface area contributed by atoms with Gasteiger partial charge in [-0.3, -0.25) is 9.69 Å². The SMILES string of the molecule is Cc1cc2c(c(=O)n1CCN1CCOCC1)[C@@H](c1ccc(Br)cc1)C(C#N)=C(N)O2. The number of nitriles is 1. The number of nitrogens with two attached hydrogens (primary N) is 1. The first-order valence-corrected chi connectivity index (χ1v) is 10.7. The van der Waals surface area contributed by atoms with Crippen molar-refractivity contribution in [3.8, 4) is 11.8 Å². The molecule has 2 aliphatic rings. The maximum Gasteiger partial charge on any atom is 0.258 e. The highest BCUT2D eigenvalue weighted by atomic mass is 79.9. The van der Waals surface area contributed by atoms with Gasteiger partial charge in [-0.15, -0.1) is 0 Å². The number of ether oxygens (including phenoxy) is 2. The Bertz CT molecular complexity index is 1080. The number of nitrogens with zero attached hydrogens (tertiary/aromatic N) is 3. The Morgan fingerprint density at radius 3 is 2.60 bits per heavy atom. The van der Waals surface area contributed by atoms with Crippen LogP contribution >= 0.6 is 15.9 Å². The van der Waals surface area contributed by atoms with E-state index in [2.05, 4.69) is 26.9 Å². The molecular weight excluding hydrogens is 448 g/mol. The molecule has 2 aromatic rings. The van der Waals surface area contributed by atoms with Gasteiger partial charge in [0, 0.05) is 42.4 Å². The topological polar surface area (TPSA) is 93.5 Å². The first-order chi connectivity index (χ1) is 14.5. The highest BCUT2D eigenvalue weighted by Crippen LogP contribution is 2.40. The number of fused-ring (bicyclic) bond motifs is 1. The summed E-state index contributed by atoms with van der Waals surface area (Å²) < 4.78 is 13.8. The van der Waals surface area contributed by atoms with E-state index < -0.39 is 5.92 Å². The molecule has 0 saturated carbocycles. The largest absolute Gasteiger partial charge is 0.440 e. The molecule has 7 nitrogen and oxygen atoms in total. The third kappa shape index (κ3) is 3.88. The molecule has 8 heteroatoms. The van der Waals surface area contributed by atoms with E-state index in [0.717, 1.165) is 35.4 Å². The van der Waals surface area contributed by atoms with E-state index in [-0.39, 0.29) is 17.0 Å². The van der Waals surface area contributed by atoms with Gasteiger partial charge in [0.2, 0.25) is 5.88 Å². The second kappa shape index (κ2) is 8.64. The number of allylic oxidation sites excluding steroid dienone is 1. The second-order valence-corrected chi connectivity index (χ2v) is 8.37. The van der Waals surface area contributed by atoms with Gasteiger partial charge in [-0.25, -0.2) is 0 Å². The summed E-state index contributed by atoms with van der Waals surface area (Å²) in [5.74, 6) is -0.0955. The van der Waals surface area contributed by atoms with Gasteiger partial charge in [0.05, 0.1) is 24.7 Å². The fourth-order valence-electron chi connectivity index (χ4n) is 4.02. The first kappa shape index (κ1) is 20.7. The van der Waals surface area contributed by atoms with Gasteiger partial charge in [-0.1, -0.05) is 28.1 Å². The maximum atomic E-state index is 13.6. The van der Waals surface area contributed by atoms with E-state index in [1.165, 1.54) is 0 Å². The van der Waals surface area contributed by atoms with Crippen molar-refractivity contribution < 1.29 is 9.47 Å². The van der Waals surface area contributed by atoms with Crippen molar-refractivity contribution in [1.82, 2.24) is 9.47 Å². The van der Waals surface area contributed by atoms with Gasteiger partial charge in [-0.2, -0.15) is 5.26 Å². The summed E-state index contributed by atoms with van der Waals surface area (Å²) in [7, 11) is 0. The number of aryl methyl sites for hydroxylation is 1. The Morgan fingerprint density at radius 1 is 1.23 bits per heavy atom. The lowest BCUT2D eigenvalue weighted by Crippen LogP contribution is -2.40. The van der Waals surface area contributed by atoms with Gasteiger partial charge in [-0.05, 0) is 24.6 Å². The lowest BCUT2D eigenvalue weighted by atomic mass is 9.84. The van der Waals surface area contributed by atoms with Crippen LogP contribution in [0, 0.1) is 18.3 Å². The molecule has 1 aromatic heterocycles. The van der Waals surface area contributed by atoms with Crippen molar-refractivity contribution in [2.75, 3.05) is 32.8 Å². The smallest absolute Gasteiger partial charge is 0.258 e. The minimum absolute atomic E-state index is 0.0442. The zero-order valence-electron chi connectivity index (χ0n) is 16.7. The summed E-state index contributed by atoms with van der Waals surface area (Å²) in [6.45, 7) is 6.36. The number of morpholine rings is 1. The molecule has 0 amide bonds. The van der Waals surface area contributed by atoms with E-state index in [0.29, 0.717) is 31.1 Å². The van der Waals surface area contributed by atoms with E-state index in [4.69, 9.17) is 15.2 Å². The molecule has 0 radical (unpaired) electrons. The van der Waals surface area contributed by atoms with Crippen molar-refractivity contribution >= 4 is 15.9 Å². The molecule has 0 aliphatic carbocycles. The average Bonchev–Trinajstić information content (AvgIpc) is 2.74. The number of rotatable bonds is 4. The van der Waals surface area contributed by atoms with Crippen LogP contribution in [0.4, 0.5) is 0 Å². The number of halogens is 1. The van der Waals surface area contributed by atoms with Crippen molar-refractivity contribution in [2.45, 2.75) is 19.4 Å². The van der Waals surface area contributed by atoms with E-state index in [9.17, 15) is 10.1 Å². The normalized spacial score (nSPS) is 19.2. The molecule has 1 saturated heterocycles. The fourth-order valence-corrected chi connectivity index (χ4v) is 4.28. The van der Waals surface area contributed by atoms with Crippen molar-refractivity contribution in [2.24, 2.45) is 5.73 Å². The third-order valence-corrected chi connectivity index (χ3v) is 6.17.